The van der Waals surface area contributed by atoms with E-state index < -0.39 is 5.97 Å². The van der Waals surface area contributed by atoms with Crippen molar-refractivity contribution >= 4 is 40.2 Å². The summed E-state index contributed by atoms with van der Waals surface area (Å²) < 4.78 is 5.74. The molecule has 0 atom stereocenters. The number of ether oxygens (including phenoxy) is 1. The first-order valence-electron chi connectivity index (χ1n) is 10.0. The zero-order valence-corrected chi connectivity index (χ0v) is 18.6. The van der Waals surface area contributed by atoms with Crippen LogP contribution in [0.15, 0.2) is 84.9 Å². The summed E-state index contributed by atoms with van der Waals surface area (Å²) in [5.41, 5.74) is 5.51. The lowest BCUT2D eigenvalue weighted by molar-refractivity contribution is 0.0697. The van der Waals surface area contributed by atoms with Crippen LogP contribution >= 0.6 is 23.2 Å². The first-order valence-corrected chi connectivity index (χ1v) is 10.8. The topological polar surface area (TPSA) is 75.2 Å². The maximum atomic E-state index is 11.1. The number of benzene rings is 4. The fourth-order valence-corrected chi connectivity index (χ4v) is 4.12. The number of carboxylic acid groups (broad SMARTS) is 1. The van der Waals surface area contributed by atoms with Crippen molar-refractivity contribution < 1.29 is 14.6 Å². The smallest absolute Gasteiger partial charge is 0.337 e. The molecule has 0 fully saturated rings. The fraction of sp³-hybridized carbons (Fsp3) is 0. The summed E-state index contributed by atoms with van der Waals surface area (Å²) in [4.78, 5) is 18.7. The Bertz CT molecular complexity index is 1480. The van der Waals surface area contributed by atoms with E-state index in [1.807, 2.05) is 36.4 Å². The highest BCUT2D eigenvalue weighted by molar-refractivity contribution is 6.34. The van der Waals surface area contributed by atoms with Gasteiger partial charge in [-0.15, -0.1) is 0 Å². The van der Waals surface area contributed by atoms with Gasteiger partial charge in [-0.2, -0.15) is 4.98 Å². The minimum atomic E-state index is -1.10. The summed E-state index contributed by atoms with van der Waals surface area (Å²) in [6.45, 7) is 0. The van der Waals surface area contributed by atoms with Gasteiger partial charge in [-0.1, -0.05) is 77.8 Å². The third-order valence-electron chi connectivity index (χ3n) is 5.24. The number of aromatic carboxylic acids is 1. The summed E-state index contributed by atoms with van der Waals surface area (Å²) >= 11 is 12.6. The van der Waals surface area contributed by atoms with Gasteiger partial charge < -0.3 is 14.8 Å². The first-order chi connectivity index (χ1) is 16.0. The Morgan fingerprint density at radius 2 is 1.52 bits per heavy atom. The molecule has 162 valence electrons. The van der Waals surface area contributed by atoms with E-state index >= 15 is 0 Å². The number of hydrogen-bond donors (Lipinski definition) is 2. The van der Waals surface area contributed by atoms with Crippen molar-refractivity contribution in [2.45, 2.75) is 0 Å². The molecule has 0 radical (unpaired) electrons. The zero-order chi connectivity index (χ0) is 22.9. The van der Waals surface area contributed by atoms with Gasteiger partial charge in [0.15, 0.2) is 0 Å². The molecular formula is C26H16Cl2N2O3. The van der Waals surface area contributed by atoms with Crippen molar-refractivity contribution in [1.82, 2.24) is 9.97 Å². The number of rotatable bonds is 5. The van der Waals surface area contributed by atoms with E-state index in [1.54, 1.807) is 6.07 Å². The number of H-pyrrole nitrogens is 1. The Labute approximate surface area is 199 Å². The van der Waals surface area contributed by atoms with Gasteiger partial charge in [0.1, 0.15) is 5.75 Å². The Morgan fingerprint density at radius 3 is 2.21 bits per heavy atom. The summed E-state index contributed by atoms with van der Waals surface area (Å²) in [6.07, 6.45) is 0. The zero-order valence-electron chi connectivity index (χ0n) is 17.0. The molecule has 5 aromatic rings. The number of aromatic nitrogens is 2. The molecule has 0 spiro atoms. The predicted molar refractivity (Wildman–Crippen MR) is 130 cm³/mol. The Hall–Kier alpha value is -3.80. The van der Waals surface area contributed by atoms with Crippen LogP contribution in [0, 0.1) is 0 Å². The van der Waals surface area contributed by atoms with Crippen molar-refractivity contribution in [3.05, 3.63) is 101 Å². The quantitative estimate of drug-likeness (QED) is 0.273. The van der Waals surface area contributed by atoms with E-state index in [-0.39, 0.29) is 16.6 Å². The lowest BCUT2D eigenvalue weighted by Crippen LogP contribution is -1.97. The van der Waals surface area contributed by atoms with E-state index in [0.717, 1.165) is 22.3 Å². The molecule has 4 aromatic carbocycles. The van der Waals surface area contributed by atoms with Crippen molar-refractivity contribution in [2.75, 3.05) is 0 Å². The van der Waals surface area contributed by atoms with E-state index in [2.05, 4.69) is 34.2 Å². The van der Waals surface area contributed by atoms with E-state index in [0.29, 0.717) is 21.8 Å². The number of nitrogens with zero attached hydrogens (tertiary/aromatic N) is 1. The van der Waals surface area contributed by atoms with E-state index in [9.17, 15) is 4.79 Å². The van der Waals surface area contributed by atoms with Crippen LogP contribution in [0.4, 0.5) is 0 Å². The molecule has 0 unspecified atom stereocenters. The van der Waals surface area contributed by atoms with Crippen LogP contribution in [0.25, 0.3) is 33.3 Å². The van der Waals surface area contributed by atoms with Crippen LogP contribution in [0.5, 0.6) is 11.8 Å². The van der Waals surface area contributed by atoms with Gasteiger partial charge in [-0.25, -0.2) is 4.79 Å². The molecule has 7 heteroatoms. The summed E-state index contributed by atoms with van der Waals surface area (Å²) in [5, 5.41) is 9.77. The highest BCUT2D eigenvalue weighted by atomic mass is 35.5. The number of imidazole rings is 1. The Morgan fingerprint density at radius 1 is 0.818 bits per heavy atom. The van der Waals surface area contributed by atoms with Crippen LogP contribution in [-0.2, 0) is 0 Å². The van der Waals surface area contributed by atoms with Gasteiger partial charge in [0.25, 0.3) is 6.01 Å². The molecule has 0 amide bonds. The number of carbonyl (C=O) groups is 1. The molecule has 33 heavy (non-hydrogen) atoms. The molecule has 0 aliphatic carbocycles. The molecule has 2 N–H and O–H groups in total. The Kier molecular flexibility index (Phi) is 5.50. The lowest BCUT2D eigenvalue weighted by atomic mass is 10.00. The van der Waals surface area contributed by atoms with Crippen LogP contribution in [0.2, 0.25) is 10.0 Å². The van der Waals surface area contributed by atoms with Crippen LogP contribution in [0.3, 0.4) is 0 Å². The number of fused-ring (bicyclic) bond motifs is 1. The molecule has 0 aliphatic heterocycles. The average molecular weight is 475 g/mol. The maximum absolute atomic E-state index is 11.1. The second kappa shape index (κ2) is 8.62. The van der Waals surface area contributed by atoms with Gasteiger partial charge in [-0.05, 0) is 41.0 Å². The van der Waals surface area contributed by atoms with Gasteiger partial charge in [0, 0.05) is 11.6 Å². The first kappa shape index (κ1) is 21.1. The SMILES string of the molecule is O=C(O)c1ccc(Oc2nc3cc(-c4ccc(-c5ccccc5)cc4)c(Cl)cc3[nH]2)cc1Cl. The van der Waals surface area contributed by atoms with Crippen molar-refractivity contribution in [2.24, 2.45) is 0 Å². The summed E-state index contributed by atoms with van der Waals surface area (Å²) in [5.74, 6) is -0.735. The third-order valence-corrected chi connectivity index (χ3v) is 5.86. The van der Waals surface area contributed by atoms with Gasteiger partial charge in [0.2, 0.25) is 0 Å². The normalized spacial score (nSPS) is 11.0. The highest BCUT2D eigenvalue weighted by Crippen LogP contribution is 2.34. The summed E-state index contributed by atoms with van der Waals surface area (Å²) in [6, 6.07) is 26.7. The molecule has 1 heterocycles. The standard InChI is InChI=1S/C26H16Cl2N2O3/c27-21-12-18(10-11-19(21)25(31)32)33-26-29-23-13-20(22(28)14-24(23)30-26)17-8-6-16(7-9-17)15-4-2-1-3-5-15/h1-14H,(H,29,30)(H,31,32). The molecule has 5 nitrogen and oxygen atoms in total. The summed E-state index contributed by atoms with van der Waals surface area (Å²) in [7, 11) is 0. The largest absolute Gasteiger partial charge is 0.478 e. The molecule has 0 bridgehead atoms. The van der Waals surface area contributed by atoms with Crippen molar-refractivity contribution in [3.63, 3.8) is 0 Å². The average Bonchev–Trinajstić information content (AvgIpc) is 3.20. The van der Waals surface area contributed by atoms with Crippen LogP contribution < -0.4 is 4.74 Å². The third kappa shape index (κ3) is 4.29. The number of aromatic amines is 1. The minimum Gasteiger partial charge on any atom is -0.478 e. The molecule has 0 aliphatic rings. The maximum Gasteiger partial charge on any atom is 0.337 e. The Balaban J connectivity index is 1.44. The van der Waals surface area contributed by atoms with Gasteiger partial charge in [-0.3, -0.25) is 0 Å². The van der Waals surface area contributed by atoms with E-state index in [1.165, 1.54) is 18.2 Å². The van der Waals surface area contributed by atoms with Gasteiger partial charge in [0.05, 0.1) is 26.6 Å². The lowest BCUT2D eigenvalue weighted by Gasteiger charge is -2.07. The molecular weight excluding hydrogens is 459 g/mol. The second-order valence-corrected chi connectivity index (χ2v) is 8.20. The number of hydrogen-bond acceptors (Lipinski definition) is 3. The van der Waals surface area contributed by atoms with Gasteiger partial charge >= 0.3 is 5.97 Å². The fourth-order valence-electron chi connectivity index (χ4n) is 3.59. The van der Waals surface area contributed by atoms with Crippen molar-refractivity contribution in [1.29, 1.82) is 0 Å². The van der Waals surface area contributed by atoms with Crippen LogP contribution in [0.1, 0.15) is 10.4 Å². The second-order valence-electron chi connectivity index (χ2n) is 7.38. The molecule has 5 rings (SSSR count). The minimum absolute atomic E-state index is 0.00308. The number of carboxylic acids is 1. The highest BCUT2D eigenvalue weighted by Gasteiger charge is 2.13. The number of nitrogens with one attached hydrogen (secondary N) is 1. The monoisotopic (exact) mass is 474 g/mol. The number of halogens is 2. The van der Waals surface area contributed by atoms with Crippen LogP contribution in [-0.4, -0.2) is 21.0 Å². The van der Waals surface area contributed by atoms with E-state index in [4.69, 9.17) is 33.0 Å². The molecule has 0 saturated carbocycles. The molecule has 0 saturated heterocycles. The van der Waals surface area contributed by atoms with Crippen molar-refractivity contribution in [3.8, 4) is 34.0 Å². The predicted octanol–water partition coefficient (Wildman–Crippen LogP) is 7.69. The molecule has 1 aromatic heterocycles.